The minimum Gasteiger partial charge on any atom is -0.467 e. The van der Waals surface area contributed by atoms with Gasteiger partial charge in [-0.3, -0.25) is 4.79 Å². The van der Waals surface area contributed by atoms with Crippen molar-refractivity contribution in [3.05, 3.63) is 23.8 Å². The zero-order valence-corrected chi connectivity index (χ0v) is 27.1. The van der Waals surface area contributed by atoms with E-state index in [9.17, 15) is 19.2 Å². The number of nitrogens with one attached hydrogen (secondary N) is 3. The summed E-state index contributed by atoms with van der Waals surface area (Å²) in [4.78, 5) is 49.5. The first-order valence-corrected chi connectivity index (χ1v) is 16.0. The normalized spacial score (nSPS) is 24.2. The van der Waals surface area contributed by atoms with Gasteiger partial charge in [-0.25, -0.2) is 14.4 Å². The van der Waals surface area contributed by atoms with Crippen LogP contribution in [0, 0.1) is 5.92 Å². The van der Waals surface area contributed by atoms with Crippen molar-refractivity contribution in [3.8, 4) is 11.5 Å². The van der Waals surface area contributed by atoms with Crippen LogP contribution in [0.1, 0.15) is 77.7 Å². The number of fused-ring (bicyclic) bond motifs is 1. The number of para-hydroxylation sites is 1. The molecule has 14 nitrogen and oxygen atoms in total. The maximum atomic E-state index is 13.0. The van der Waals surface area contributed by atoms with E-state index in [0.717, 1.165) is 18.4 Å². The monoisotopic (exact) mass is 649 g/mol. The molecule has 256 valence electrons. The molecular weight excluding hydrogens is 602 g/mol. The van der Waals surface area contributed by atoms with Gasteiger partial charge in [-0.05, 0) is 44.6 Å². The van der Waals surface area contributed by atoms with Gasteiger partial charge in [0.25, 0.3) is 0 Å². The Morgan fingerprint density at radius 1 is 1.04 bits per heavy atom. The van der Waals surface area contributed by atoms with Crippen LogP contribution in [0.2, 0.25) is 0 Å². The van der Waals surface area contributed by atoms with E-state index < -0.39 is 48.3 Å². The van der Waals surface area contributed by atoms with Gasteiger partial charge >= 0.3 is 18.2 Å². The lowest BCUT2D eigenvalue weighted by molar-refractivity contribution is -0.329. The van der Waals surface area contributed by atoms with E-state index in [1.807, 2.05) is 12.1 Å². The number of esters is 1. The van der Waals surface area contributed by atoms with Gasteiger partial charge in [0, 0.05) is 44.3 Å². The van der Waals surface area contributed by atoms with Crippen molar-refractivity contribution < 1.29 is 52.3 Å². The number of hydrogen-bond acceptors (Lipinski definition) is 11. The lowest BCUT2D eigenvalue weighted by Crippen LogP contribution is -2.53. The predicted molar refractivity (Wildman–Crippen MR) is 163 cm³/mol. The number of carbonyl (C=O) groups is 4. The quantitative estimate of drug-likeness (QED) is 0.211. The van der Waals surface area contributed by atoms with Gasteiger partial charge in [0.15, 0.2) is 17.3 Å². The molecule has 2 saturated heterocycles. The Balaban J connectivity index is 1.36. The second-order valence-corrected chi connectivity index (χ2v) is 12.3. The van der Waals surface area contributed by atoms with Gasteiger partial charge in [0.1, 0.15) is 18.8 Å². The number of carbonyl (C=O) groups excluding carboxylic acids is 4. The van der Waals surface area contributed by atoms with Crippen LogP contribution >= 0.6 is 0 Å². The Morgan fingerprint density at radius 3 is 2.63 bits per heavy atom. The first kappa shape index (κ1) is 35.1. The minimum atomic E-state index is -1.09. The van der Waals surface area contributed by atoms with Gasteiger partial charge in [-0.2, -0.15) is 0 Å². The molecular formula is C32H47N3O11. The molecule has 14 heteroatoms. The van der Waals surface area contributed by atoms with Crippen molar-refractivity contribution in [2.45, 2.75) is 109 Å². The third kappa shape index (κ3) is 10.4. The number of methoxy groups -OCH3 is 1. The Bertz CT molecular complexity index is 1210. The summed E-state index contributed by atoms with van der Waals surface area (Å²) in [5.74, 6) is -0.302. The number of hydrogen-bond donors (Lipinski definition) is 3. The van der Waals surface area contributed by atoms with Crippen molar-refractivity contribution in [2.24, 2.45) is 5.92 Å². The molecule has 0 unspecified atom stereocenters. The van der Waals surface area contributed by atoms with Crippen LogP contribution in [0.15, 0.2) is 18.2 Å². The average Bonchev–Trinajstić information content (AvgIpc) is 3.51. The number of alkyl carbamates (subject to hydrolysis) is 2. The lowest BCUT2D eigenvalue weighted by atomic mass is 9.90. The summed E-state index contributed by atoms with van der Waals surface area (Å²) in [7, 11) is 1.26. The van der Waals surface area contributed by atoms with Crippen LogP contribution in [-0.4, -0.2) is 81.3 Å². The first-order valence-electron chi connectivity index (χ1n) is 16.0. The fourth-order valence-corrected chi connectivity index (χ4v) is 5.78. The Labute approximate surface area is 269 Å². The summed E-state index contributed by atoms with van der Waals surface area (Å²) < 4.78 is 39.8. The van der Waals surface area contributed by atoms with E-state index >= 15 is 0 Å². The van der Waals surface area contributed by atoms with Gasteiger partial charge in [0.05, 0.1) is 19.3 Å². The average molecular weight is 650 g/mol. The first-order chi connectivity index (χ1) is 22.1. The highest BCUT2D eigenvalue weighted by Crippen LogP contribution is 2.41. The van der Waals surface area contributed by atoms with E-state index in [0.29, 0.717) is 49.6 Å². The lowest BCUT2D eigenvalue weighted by Gasteiger charge is -2.47. The Morgan fingerprint density at radius 2 is 1.85 bits per heavy atom. The summed E-state index contributed by atoms with van der Waals surface area (Å²) in [6.45, 7) is 6.58. The molecule has 0 bridgehead atoms. The summed E-state index contributed by atoms with van der Waals surface area (Å²) in [5.41, 5.74) is 0.757. The third-order valence-corrected chi connectivity index (χ3v) is 8.10. The number of ether oxygens (including phenoxy) is 7. The molecule has 1 aromatic carbocycles. The second-order valence-electron chi connectivity index (χ2n) is 12.3. The summed E-state index contributed by atoms with van der Waals surface area (Å²) in [6, 6.07) is 4.66. The molecule has 1 spiro atoms. The number of amides is 3. The topological polar surface area (TPSA) is 169 Å². The summed E-state index contributed by atoms with van der Waals surface area (Å²) >= 11 is 0. The van der Waals surface area contributed by atoms with E-state index in [1.54, 1.807) is 13.0 Å². The van der Waals surface area contributed by atoms with Gasteiger partial charge in [-0.1, -0.05) is 26.0 Å². The fraction of sp³-hybridized carbons (Fsp3) is 0.688. The summed E-state index contributed by atoms with van der Waals surface area (Å²) in [5, 5.41) is 8.16. The zero-order valence-electron chi connectivity index (χ0n) is 27.1. The van der Waals surface area contributed by atoms with Gasteiger partial charge < -0.3 is 49.1 Å². The maximum Gasteiger partial charge on any atom is 0.407 e. The number of rotatable bonds is 13. The molecule has 3 aliphatic heterocycles. The van der Waals surface area contributed by atoms with Crippen LogP contribution in [0.4, 0.5) is 9.59 Å². The zero-order chi connectivity index (χ0) is 33.1. The fourth-order valence-electron chi connectivity index (χ4n) is 5.78. The molecule has 3 N–H and O–H groups in total. The van der Waals surface area contributed by atoms with Crippen molar-refractivity contribution in [1.82, 2.24) is 16.0 Å². The van der Waals surface area contributed by atoms with Crippen molar-refractivity contribution in [2.75, 3.05) is 27.1 Å². The molecule has 4 rings (SSSR count). The molecule has 0 aromatic heterocycles. The van der Waals surface area contributed by atoms with Crippen molar-refractivity contribution >= 4 is 24.1 Å². The van der Waals surface area contributed by atoms with Crippen LogP contribution in [0.25, 0.3) is 0 Å². The molecule has 1 aromatic rings. The molecule has 0 aliphatic carbocycles. The van der Waals surface area contributed by atoms with E-state index in [-0.39, 0.29) is 38.7 Å². The maximum absolute atomic E-state index is 13.0. The Kier molecular flexibility index (Phi) is 12.7. The van der Waals surface area contributed by atoms with E-state index in [4.69, 9.17) is 28.4 Å². The minimum absolute atomic E-state index is 0.0519. The highest BCUT2D eigenvalue weighted by Gasteiger charge is 2.47. The van der Waals surface area contributed by atoms with Crippen molar-refractivity contribution in [1.29, 1.82) is 0 Å². The Hall–Kier alpha value is -3.78. The standard InChI is InChI=1S/C32H47N3O11/c1-20(2)12-14-33-30(38)41-18-24-8-6-13-32(46-24)16-25(15-23(45-32)10-11-27(36)35-21(3)29(37)40-4)44-31(39)34-17-22-7-5-9-26-28(22)43-19-42-26/h5,7,9,20-21,23-25H,6,8,10-19H2,1-4H3,(H,33,38)(H,34,39)(H,35,36)/t21-,23+,24+,25+,32-/m0/s1. The molecule has 3 heterocycles. The largest absolute Gasteiger partial charge is 0.467 e. The highest BCUT2D eigenvalue weighted by molar-refractivity contribution is 5.84. The van der Waals surface area contributed by atoms with Gasteiger partial charge in [-0.15, -0.1) is 0 Å². The molecule has 3 amide bonds. The van der Waals surface area contributed by atoms with Crippen LogP contribution < -0.4 is 25.4 Å². The number of benzene rings is 1. The molecule has 0 saturated carbocycles. The second kappa shape index (κ2) is 16.7. The molecule has 46 heavy (non-hydrogen) atoms. The van der Waals surface area contributed by atoms with Crippen LogP contribution in [0.5, 0.6) is 11.5 Å². The van der Waals surface area contributed by atoms with E-state index in [1.165, 1.54) is 7.11 Å². The molecule has 5 atom stereocenters. The summed E-state index contributed by atoms with van der Waals surface area (Å²) in [6.07, 6.45) is 1.21. The SMILES string of the molecule is COC(=O)[C@H](C)NC(=O)CC[C@@H]1C[C@@H](OC(=O)NCc2cccc3c2OCO3)C[C@@]2(CCC[C@H](COC(=O)NCCC(C)C)O2)O1. The highest BCUT2D eigenvalue weighted by atomic mass is 16.7. The van der Waals surface area contributed by atoms with Crippen molar-refractivity contribution in [3.63, 3.8) is 0 Å². The van der Waals surface area contributed by atoms with E-state index in [2.05, 4.69) is 34.5 Å². The third-order valence-electron chi connectivity index (χ3n) is 8.10. The molecule has 3 aliphatic rings. The molecule has 0 radical (unpaired) electrons. The molecule has 2 fully saturated rings. The van der Waals surface area contributed by atoms with Crippen LogP contribution in [0.3, 0.4) is 0 Å². The van der Waals surface area contributed by atoms with Gasteiger partial charge in [0.2, 0.25) is 12.7 Å². The van der Waals surface area contributed by atoms with Crippen LogP contribution in [-0.2, 0) is 39.8 Å². The smallest absolute Gasteiger partial charge is 0.407 e. The predicted octanol–water partition coefficient (Wildman–Crippen LogP) is 3.68.